The second-order valence-corrected chi connectivity index (χ2v) is 4.95. The number of anilines is 1. The van der Waals surface area contributed by atoms with E-state index in [0.717, 1.165) is 0 Å². The van der Waals surface area contributed by atoms with E-state index >= 15 is 0 Å². The average Bonchev–Trinajstić information content (AvgIpc) is 2.47. The fourth-order valence-electron chi connectivity index (χ4n) is 2.32. The van der Waals surface area contributed by atoms with Crippen LogP contribution in [0.1, 0.15) is 19.8 Å². The molecular formula is C13H19N5O2. The van der Waals surface area contributed by atoms with Gasteiger partial charge in [-0.2, -0.15) is 0 Å². The number of nitrogens with two attached hydrogens (primary N) is 1. The SMILES string of the molecule is CC(C(=O)Nc1ncccn1)N1CCC(C(N)=O)CC1. The van der Waals surface area contributed by atoms with Gasteiger partial charge in [-0.05, 0) is 38.9 Å². The van der Waals surface area contributed by atoms with Crippen LogP contribution in [0.2, 0.25) is 0 Å². The second kappa shape index (κ2) is 6.42. The fourth-order valence-corrected chi connectivity index (χ4v) is 2.32. The molecule has 2 rings (SSSR count). The van der Waals surface area contributed by atoms with Crippen molar-refractivity contribution in [1.82, 2.24) is 14.9 Å². The molecule has 2 heterocycles. The number of primary amides is 1. The van der Waals surface area contributed by atoms with Crippen molar-refractivity contribution >= 4 is 17.8 Å². The Kier molecular flexibility index (Phi) is 4.62. The Morgan fingerprint density at radius 1 is 1.35 bits per heavy atom. The highest BCUT2D eigenvalue weighted by Gasteiger charge is 2.28. The topological polar surface area (TPSA) is 101 Å². The molecule has 3 N–H and O–H groups in total. The lowest BCUT2D eigenvalue weighted by atomic mass is 9.95. The molecule has 1 aliphatic rings. The summed E-state index contributed by atoms with van der Waals surface area (Å²) < 4.78 is 0. The van der Waals surface area contributed by atoms with E-state index in [1.54, 1.807) is 18.5 Å². The summed E-state index contributed by atoms with van der Waals surface area (Å²) in [6.45, 7) is 3.22. The van der Waals surface area contributed by atoms with E-state index in [1.807, 2.05) is 11.8 Å². The van der Waals surface area contributed by atoms with E-state index in [2.05, 4.69) is 15.3 Å². The zero-order chi connectivity index (χ0) is 14.5. The summed E-state index contributed by atoms with van der Waals surface area (Å²) in [6.07, 6.45) is 4.56. The Balaban J connectivity index is 1.87. The highest BCUT2D eigenvalue weighted by molar-refractivity contribution is 5.93. The lowest BCUT2D eigenvalue weighted by Crippen LogP contribution is -2.47. The number of nitrogens with zero attached hydrogens (tertiary/aromatic N) is 3. The van der Waals surface area contributed by atoms with Gasteiger partial charge < -0.3 is 5.73 Å². The molecule has 1 aliphatic heterocycles. The maximum absolute atomic E-state index is 12.1. The number of carbonyl (C=O) groups is 2. The van der Waals surface area contributed by atoms with Crippen molar-refractivity contribution in [2.45, 2.75) is 25.8 Å². The quantitative estimate of drug-likeness (QED) is 0.806. The van der Waals surface area contributed by atoms with Crippen LogP contribution in [0, 0.1) is 5.92 Å². The van der Waals surface area contributed by atoms with Gasteiger partial charge in [0, 0.05) is 18.3 Å². The fraction of sp³-hybridized carbons (Fsp3) is 0.538. The van der Waals surface area contributed by atoms with E-state index in [4.69, 9.17) is 5.73 Å². The van der Waals surface area contributed by atoms with Crippen LogP contribution >= 0.6 is 0 Å². The molecule has 2 amide bonds. The van der Waals surface area contributed by atoms with Crippen molar-refractivity contribution in [2.24, 2.45) is 11.7 Å². The number of amides is 2. The first-order chi connectivity index (χ1) is 9.58. The molecule has 1 unspecified atom stereocenters. The van der Waals surface area contributed by atoms with E-state index in [0.29, 0.717) is 31.9 Å². The maximum atomic E-state index is 12.1. The van der Waals surface area contributed by atoms with Gasteiger partial charge in [-0.15, -0.1) is 0 Å². The second-order valence-electron chi connectivity index (χ2n) is 4.95. The van der Waals surface area contributed by atoms with Crippen LogP contribution in [-0.2, 0) is 9.59 Å². The predicted molar refractivity (Wildman–Crippen MR) is 73.6 cm³/mol. The minimum absolute atomic E-state index is 0.0704. The molecule has 1 saturated heterocycles. The van der Waals surface area contributed by atoms with Gasteiger partial charge in [0.25, 0.3) is 0 Å². The first-order valence-electron chi connectivity index (χ1n) is 6.69. The van der Waals surface area contributed by atoms with Gasteiger partial charge in [0.2, 0.25) is 17.8 Å². The molecule has 1 aromatic heterocycles. The molecule has 0 saturated carbocycles. The molecule has 1 aromatic rings. The Hall–Kier alpha value is -2.02. The first-order valence-corrected chi connectivity index (χ1v) is 6.69. The van der Waals surface area contributed by atoms with Crippen LogP contribution in [-0.4, -0.2) is 45.8 Å². The number of hydrogen-bond donors (Lipinski definition) is 2. The predicted octanol–water partition coefficient (Wildman–Crippen LogP) is 0.000900. The highest BCUT2D eigenvalue weighted by Crippen LogP contribution is 2.18. The number of rotatable bonds is 4. The number of piperidine rings is 1. The standard InChI is InChI=1S/C13H19N5O2/c1-9(12(20)17-13-15-5-2-6-16-13)18-7-3-10(4-8-18)11(14)19/h2,5-6,9-10H,3-4,7-8H2,1H3,(H2,14,19)(H,15,16,17,20). The lowest BCUT2D eigenvalue weighted by Gasteiger charge is -2.34. The summed E-state index contributed by atoms with van der Waals surface area (Å²) in [5.74, 6) is -0.163. The summed E-state index contributed by atoms with van der Waals surface area (Å²) in [6, 6.07) is 1.40. The van der Waals surface area contributed by atoms with Gasteiger partial charge >= 0.3 is 0 Å². The zero-order valence-corrected chi connectivity index (χ0v) is 11.5. The normalized spacial score (nSPS) is 18.4. The highest BCUT2D eigenvalue weighted by atomic mass is 16.2. The van der Waals surface area contributed by atoms with Gasteiger partial charge in [0.15, 0.2) is 0 Å². The van der Waals surface area contributed by atoms with Crippen molar-refractivity contribution in [3.8, 4) is 0 Å². The third-order valence-electron chi connectivity index (χ3n) is 3.66. The Bertz CT molecular complexity index is 471. The van der Waals surface area contributed by atoms with Crippen molar-refractivity contribution in [3.05, 3.63) is 18.5 Å². The third-order valence-corrected chi connectivity index (χ3v) is 3.66. The molecule has 7 nitrogen and oxygen atoms in total. The van der Waals surface area contributed by atoms with Gasteiger partial charge in [-0.25, -0.2) is 9.97 Å². The molecule has 0 bridgehead atoms. The summed E-state index contributed by atoms with van der Waals surface area (Å²) in [7, 11) is 0. The van der Waals surface area contributed by atoms with Crippen LogP contribution in [0.4, 0.5) is 5.95 Å². The smallest absolute Gasteiger partial charge is 0.243 e. The third kappa shape index (κ3) is 3.51. The molecule has 0 radical (unpaired) electrons. The molecule has 0 spiro atoms. The van der Waals surface area contributed by atoms with Gasteiger partial charge in [0.1, 0.15) is 0 Å². The van der Waals surface area contributed by atoms with Crippen LogP contribution in [0.5, 0.6) is 0 Å². The summed E-state index contributed by atoms with van der Waals surface area (Å²) in [5.41, 5.74) is 5.30. The minimum Gasteiger partial charge on any atom is -0.369 e. The maximum Gasteiger partial charge on any atom is 0.243 e. The van der Waals surface area contributed by atoms with Crippen LogP contribution in [0.15, 0.2) is 18.5 Å². The zero-order valence-electron chi connectivity index (χ0n) is 11.5. The summed E-state index contributed by atoms with van der Waals surface area (Å²) >= 11 is 0. The number of carbonyl (C=O) groups excluding carboxylic acids is 2. The molecule has 7 heteroatoms. The van der Waals surface area contributed by atoms with Gasteiger partial charge in [-0.3, -0.25) is 19.8 Å². The van der Waals surface area contributed by atoms with Crippen molar-refractivity contribution in [1.29, 1.82) is 0 Å². The number of nitrogens with one attached hydrogen (secondary N) is 1. The van der Waals surface area contributed by atoms with Crippen LogP contribution < -0.4 is 11.1 Å². The number of likely N-dealkylation sites (tertiary alicyclic amines) is 1. The molecule has 0 aliphatic carbocycles. The van der Waals surface area contributed by atoms with Crippen LogP contribution in [0.25, 0.3) is 0 Å². The van der Waals surface area contributed by atoms with Gasteiger partial charge in [-0.1, -0.05) is 0 Å². The van der Waals surface area contributed by atoms with Crippen molar-refractivity contribution in [3.63, 3.8) is 0 Å². The van der Waals surface area contributed by atoms with Crippen molar-refractivity contribution < 1.29 is 9.59 Å². The summed E-state index contributed by atoms with van der Waals surface area (Å²) in [4.78, 5) is 33.2. The Morgan fingerprint density at radius 2 is 1.95 bits per heavy atom. The Labute approximate surface area is 117 Å². The van der Waals surface area contributed by atoms with E-state index < -0.39 is 0 Å². The molecule has 1 atom stereocenters. The van der Waals surface area contributed by atoms with E-state index in [1.165, 1.54) is 0 Å². The molecule has 20 heavy (non-hydrogen) atoms. The van der Waals surface area contributed by atoms with Gasteiger partial charge in [0.05, 0.1) is 6.04 Å². The molecule has 0 aromatic carbocycles. The Morgan fingerprint density at radius 3 is 2.50 bits per heavy atom. The first kappa shape index (κ1) is 14.4. The molecular weight excluding hydrogens is 258 g/mol. The minimum atomic E-state index is -0.285. The van der Waals surface area contributed by atoms with Crippen molar-refractivity contribution in [2.75, 3.05) is 18.4 Å². The monoisotopic (exact) mass is 277 g/mol. The molecule has 1 fully saturated rings. The largest absolute Gasteiger partial charge is 0.369 e. The summed E-state index contributed by atoms with van der Waals surface area (Å²) in [5, 5.41) is 2.68. The average molecular weight is 277 g/mol. The molecule has 108 valence electrons. The van der Waals surface area contributed by atoms with E-state index in [9.17, 15) is 9.59 Å². The number of hydrogen-bond acceptors (Lipinski definition) is 5. The van der Waals surface area contributed by atoms with E-state index in [-0.39, 0.29) is 23.8 Å². The number of aromatic nitrogens is 2. The lowest BCUT2D eigenvalue weighted by molar-refractivity contribution is -0.124. The van der Waals surface area contributed by atoms with Crippen LogP contribution in [0.3, 0.4) is 0 Å².